The summed E-state index contributed by atoms with van der Waals surface area (Å²) in [4.78, 5) is 2.42. The summed E-state index contributed by atoms with van der Waals surface area (Å²) < 4.78 is 33.1. The predicted octanol–water partition coefficient (Wildman–Crippen LogP) is 2.98. The van der Waals surface area contributed by atoms with Crippen LogP contribution in [0.5, 0.6) is 5.75 Å². The Morgan fingerprint density at radius 1 is 1.10 bits per heavy atom. The Morgan fingerprint density at radius 2 is 1.72 bits per heavy atom. The lowest BCUT2D eigenvalue weighted by Crippen LogP contribution is -2.44. The molecule has 0 radical (unpaired) electrons. The van der Waals surface area contributed by atoms with Crippen molar-refractivity contribution in [3.05, 3.63) is 54.6 Å². The molecule has 0 spiro atoms. The van der Waals surface area contributed by atoms with E-state index in [-0.39, 0.29) is 11.4 Å². The third-order valence-corrected chi connectivity index (χ3v) is 7.22. The third-order valence-electron chi connectivity index (χ3n) is 5.41. The van der Waals surface area contributed by atoms with Crippen LogP contribution in [0.3, 0.4) is 0 Å². The van der Waals surface area contributed by atoms with Crippen molar-refractivity contribution in [1.29, 1.82) is 0 Å². The Kier molecular flexibility index (Phi) is 7.16. The number of sulfonamides is 1. The summed E-state index contributed by atoms with van der Waals surface area (Å²) in [6.07, 6.45) is 1.43. The Balaban J connectivity index is 1.82. The van der Waals surface area contributed by atoms with Gasteiger partial charge in [0.25, 0.3) is 10.0 Å². The van der Waals surface area contributed by atoms with E-state index in [4.69, 9.17) is 4.74 Å². The molecule has 1 aliphatic heterocycles. The fourth-order valence-corrected chi connectivity index (χ4v) is 5.13. The van der Waals surface area contributed by atoms with Gasteiger partial charge in [0.1, 0.15) is 5.75 Å². The molecule has 0 amide bonds. The standard InChI is InChI=1S/C22H30N2O4S/c1-18-12-14-23(15-13-18)16-20(25)17-24(19-8-10-21(28-2)11-9-19)29(26,27)22-6-4-3-5-7-22/h3-11,18,20,25H,12-17H2,1-2H3/t20-/m0/s1. The fourth-order valence-electron chi connectivity index (χ4n) is 3.60. The minimum atomic E-state index is -3.80. The number of aliphatic hydroxyl groups excluding tert-OH is 1. The van der Waals surface area contributed by atoms with Crippen molar-refractivity contribution < 1.29 is 18.3 Å². The number of nitrogens with zero attached hydrogens (tertiary/aromatic N) is 2. The van der Waals surface area contributed by atoms with Crippen LogP contribution >= 0.6 is 0 Å². The smallest absolute Gasteiger partial charge is 0.264 e. The average Bonchev–Trinajstić information content (AvgIpc) is 2.74. The van der Waals surface area contributed by atoms with E-state index >= 15 is 0 Å². The number of likely N-dealkylation sites (tertiary alicyclic amines) is 1. The maximum atomic E-state index is 13.3. The molecule has 0 bridgehead atoms. The largest absolute Gasteiger partial charge is 0.497 e. The molecule has 1 atom stereocenters. The van der Waals surface area contributed by atoms with Crippen molar-refractivity contribution in [2.75, 3.05) is 37.6 Å². The van der Waals surface area contributed by atoms with Crippen molar-refractivity contribution in [3.63, 3.8) is 0 Å². The zero-order valence-electron chi connectivity index (χ0n) is 17.1. The van der Waals surface area contributed by atoms with Crippen LogP contribution in [0.2, 0.25) is 0 Å². The first-order valence-corrected chi connectivity index (χ1v) is 11.5. The highest BCUT2D eigenvalue weighted by Crippen LogP contribution is 2.26. The molecule has 2 aromatic rings. The van der Waals surface area contributed by atoms with Gasteiger partial charge in [-0.25, -0.2) is 8.42 Å². The minimum Gasteiger partial charge on any atom is -0.497 e. The second-order valence-electron chi connectivity index (χ2n) is 7.68. The number of anilines is 1. The van der Waals surface area contributed by atoms with Gasteiger partial charge in [-0.15, -0.1) is 0 Å². The summed E-state index contributed by atoms with van der Waals surface area (Å²) in [6.45, 7) is 4.57. The molecule has 0 saturated carbocycles. The van der Waals surface area contributed by atoms with Crippen LogP contribution in [-0.4, -0.2) is 57.8 Å². The SMILES string of the molecule is COc1ccc(N(C[C@@H](O)CN2CCC(C)CC2)S(=O)(=O)c2ccccc2)cc1. The highest BCUT2D eigenvalue weighted by Gasteiger charge is 2.28. The Labute approximate surface area is 173 Å². The van der Waals surface area contributed by atoms with Crippen LogP contribution in [0.25, 0.3) is 0 Å². The topological polar surface area (TPSA) is 70.1 Å². The Bertz CT molecular complexity index is 863. The number of aliphatic hydroxyl groups is 1. The van der Waals surface area contributed by atoms with Crippen LogP contribution in [0.15, 0.2) is 59.5 Å². The molecule has 1 saturated heterocycles. The van der Waals surface area contributed by atoms with Crippen molar-refractivity contribution in [2.24, 2.45) is 5.92 Å². The highest BCUT2D eigenvalue weighted by molar-refractivity contribution is 7.92. The number of piperidine rings is 1. The van der Waals surface area contributed by atoms with Crippen molar-refractivity contribution in [3.8, 4) is 5.75 Å². The highest BCUT2D eigenvalue weighted by atomic mass is 32.2. The second kappa shape index (κ2) is 9.61. The van der Waals surface area contributed by atoms with Crippen LogP contribution in [0.4, 0.5) is 5.69 Å². The molecule has 158 valence electrons. The zero-order chi connectivity index (χ0) is 20.9. The van der Waals surface area contributed by atoms with E-state index in [1.54, 1.807) is 61.7 Å². The fraction of sp³-hybridized carbons (Fsp3) is 0.455. The van der Waals surface area contributed by atoms with Gasteiger partial charge >= 0.3 is 0 Å². The number of rotatable bonds is 8. The second-order valence-corrected chi connectivity index (χ2v) is 9.55. The number of ether oxygens (including phenoxy) is 1. The van der Waals surface area contributed by atoms with Crippen LogP contribution < -0.4 is 9.04 Å². The number of hydrogen-bond donors (Lipinski definition) is 1. The number of hydrogen-bond acceptors (Lipinski definition) is 5. The molecule has 1 aliphatic rings. The molecule has 1 fully saturated rings. The van der Waals surface area contributed by atoms with E-state index < -0.39 is 16.1 Å². The minimum absolute atomic E-state index is 0.00436. The number of benzene rings is 2. The van der Waals surface area contributed by atoms with Gasteiger partial charge in [0.2, 0.25) is 0 Å². The first-order chi connectivity index (χ1) is 13.9. The van der Waals surface area contributed by atoms with E-state index in [2.05, 4.69) is 11.8 Å². The lowest BCUT2D eigenvalue weighted by atomic mass is 9.99. The van der Waals surface area contributed by atoms with E-state index in [0.717, 1.165) is 25.9 Å². The number of β-amino-alcohol motifs (C(OH)–C–C–N with tert-alkyl or cyclic N) is 1. The van der Waals surface area contributed by atoms with Crippen molar-refractivity contribution in [2.45, 2.75) is 30.8 Å². The molecule has 0 aromatic heterocycles. The summed E-state index contributed by atoms with van der Waals surface area (Å²) >= 11 is 0. The van der Waals surface area contributed by atoms with E-state index in [1.165, 1.54) is 4.31 Å². The summed E-state index contributed by atoms with van der Waals surface area (Å²) in [6, 6.07) is 15.2. The summed E-state index contributed by atoms with van der Waals surface area (Å²) in [5.74, 6) is 1.35. The van der Waals surface area contributed by atoms with Gasteiger partial charge in [0.15, 0.2) is 0 Å². The lowest BCUT2D eigenvalue weighted by molar-refractivity contribution is 0.0971. The first kappa shape index (κ1) is 21.6. The van der Waals surface area contributed by atoms with E-state index in [1.807, 2.05) is 0 Å². The molecule has 3 rings (SSSR count). The average molecular weight is 419 g/mol. The summed E-state index contributed by atoms with van der Waals surface area (Å²) in [7, 11) is -2.24. The lowest BCUT2D eigenvalue weighted by Gasteiger charge is -2.33. The van der Waals surface area contributed by atoms with Crippen molar-refractivity contribution >= 4 is 15.7 Å². The van der Waals surface area contributed by atoms with Gasteiger partial charge in [0, 0.05) is 6.54 Å². The quantitative estimate of drug-likeness (QED) is 0.714. The zero-order valence-corrected chi connectivity index (χ0v) is 17.9. The van der Waals surface area contributed by atoms with Gasteiger partial charge in [-0.2, -0.15) is 0 Å². The van der Waals surface area contributed by atoms with Gasteiger partial charge < -0.3 is 14.7 Å². The Hall–Kier alpha value is -2.09. The molecule has 0 unspecified atom stereocenters. The van der Waals surface area contributed by atoms with Crippen molar-refractivity contribution in [1.82, 2.24) is 4.90 Å². The monoisotopic (exact) mass is 418 g/mol. The molecule has 1 N–H and O–H groups in total. The number of methoxy groups -OCH3 is 1. The first-order valence-electron chi connectivity index (χ1n) is 10.0. The molecule has 2 aromatic carbocycles. The maximum absolute atomic E-state index is 13.3. The van der Waals surface area contributed by atoms with Gasteiger partial charge in [0.05, 0.1) is 30.3 Å². The van der Waals surface area contributed by atoms with Crippen LogP contribution in [-0.2, 0) is 10.0 Å². The van der Waals surface area contributed by atoms with Crippen LogP contribution in [0, 0.1) is 5.92 Å². The molecule has 29 heavy (non-hydrogen) atoms. The van der Waals surface area contributed by atoms with Gasteiger partial charge in [-0.3, -0.25) is 4.31 Å². The van der Waals surface area contributed by atoms with E-state index in [9.17, 15) is 13.5 Å². The van der Waals surface area contributed by atoms with E-state index in [0.29, 0.717) is 23.9 Å². The Morgan fingerprint density at radius 3 is 2.31 bits per heavy atom. The summed E-state index contributed by atoms with van der Waals surface area (Å²) in [5.41, 5.74) is 0.501. The third kappa shape index (κ3) is 5.50. The summed E-state index contributed by atoms with van der Waals surface area (Å²) in [5, 5.41) is 10.7. The molecule has 1 heterocycles. The predicted molar refractivity (Wildman–Crippen MR) is 115 cm³/mol. The van der Waals surface area contributed by atoms with Gasteiger partial charge in [-0.1, -0.05) is 25.1 Å². The molecular weight excluding hydrogens is 388 g/mol. The van der Waals surface area contributed by atoms with Crippen LogP contribution in [0.1, 0.15) is 19.8 Å². The molecule has 0 aliphatic carbocycles. The molecular formula is C22H30N2O4S. The molecule has 7 heteroatoms. The normalized spacial score (nSPS) is 17.1. The maximum Gasteiger partial charge on any atom is 0.264 e. The molecule has 6 nitrogen and oxygen atoms in total. The van der Waals surface area contributed by atoms with Gasteiger partial charge in [-0.05, 0) is 68.2 Å².